The Labute approximate surface area is 254 Å². The summed E-state index contributed by atoms with van der Waals surface area (Å²) in [7, 11) is 1.74. The van der Waals surface area contributed by atoms with Gasteiger partial charge in [0.15, 0.2) is 0 Å². The Morgan fingerprint density at radius 3 is 2.74 bits per heavy atom. The third-order valence-electron chi connectivity index (χ3n) is 6.59. The molecule has 0 bridgehead atoms. The van der Waals surface area contributed by atoms with Crippen molar-refractivity contribution in [2.75, 3.05) is 29.5 Å². The fraction of sp³-hybridized carbons (Fsp3) is 0.0909. The molecule has 43 heavy (non-hydrogen) atoms. The normalized spacial score (nSPS) is 10.8. The van der Waals surface area contributed by atoms with Gasteiger partial charge in [0.1, 0.15) is 0 Å². The number of likely N-dealkylation sites (N-methyl/N-ethyl adjacent to an activating group) is 1. The first-order valence-electron chi connectivity index (χ1n) is 13.3. The van der Waals surface area contributed by atoms with Gasteiger partial charge in [0.2, 0.25) is 11.9 Å². The van der Waals surface area contributed by atoms with E-state index in [1.807, 2.05) is 49.5 Å². The molecule has 0 spiro atoms. The number of fused-ring (bicyclic) bond motifs is 1. The molecular formula is C33H28ClN7O2. The highest BCUT2D eigenvalue weighted by Crippen LogP contribution is 2.33. The number of halogens is 1. The summed E-state index contributed by atoms with van der Waals surface area (Å²) in [5.74, 6) is -0.295. The Kier molecular flexibility index (Phi) is 8.70. The third-order valence-corrected chi connectivity index (χ3v) is 6.87. The van der Waals surface area contributed by atoms with E-state index in [2.05, 4.69) is 36.9 Å². The highest BCUT2D eigenvalue weighted by Gasteiger charge is 2.14. The average molecular weight is 590 g/mol. The lowest BCUT2D eigenvalue weighted by atomic mass is 10.1. The van der Waals surface area contributed by atoms with Crippen LogP contribution in [0, 0.1) is 19.4 Å². The number of amides is 2. The second-order valence-electron chi connectivity index (χ2n) is 9.73. The van der Waals surface area contributed by atoms with E-state index in [4.69, 9.17) is 18.0 Å². The van der Waals surface area contributed by atoms with Crippen molar-refractivity contribution in [3.05, 3.63) is 107 Å². The van der Waals surface area contributed by atoms with Crippen LogP contribution in [0.2, 0.25) is 5.02 Å². The molecule has 0 radical (unpaired) electrons. The third kappa shape index (κ3) is 7.01. The van der Waals surface area contributed by atoms with Crippen LogP contribution in [0.25, 0.3) is 22.2 Å². The number of hydrogen-bond donors (Lipinski definition) is 4. The molecule has 9 nitrogen and oxygen atoms in total. The minimum Gasteiger partial charge on any atom is -0.360 e. The largest absolute Gasteiger partial charge is 0.360 e. The zero-order chi connectivity index (χ0) is 30.3. The van der Waals surface area contributed by atoms with Crippen LogP contribution in [-0.2, 0) is 4.79 Å². The lowest BCUT2D eigenvalue weighted by molar-refractivity contribution is -0.111. The van der Waals surface area contributed by atoms with Crippen molar-refractivity contribution in [2.45, 2.75) is 6.92 Å². The Morgan fingerprint density at radius 1 is 1.07 bits per heavy atom. The number of benzene rings is 3. The fourth-order valence-corrected chi connectivity index (χ4v) is 4.53. The van der Waals surface area contributed by atoms with Gasteiger partial charge in [0.25, 0.3) is 5.91 Å². The van der Waals surface area contributed by atoms with Crippen molar-refractivity contribution in [3.8, 4) is 23.7 Å². The topological polar surface area (TPSA) is 115 Å². The first-order valence-corrected chi connectivity index (χ1v) is 13.7. The van der Waals surface area contributed by atoms with Crippen LogP contribution in [0.5, 0.6) is 0 Å². The van der Waals surface area contributed by atoms with Crippen LogP contribution >= 0.6 is 11.6 Å². The van der Waals surface area contributed by atoms with Gasteiger partial charge in [-0.05, 0) is 48.9 Å². The van der Waals surface area contributed by atoms with Gasteiger partial charge in [-0.1, -0.05) is 54.4 Å². The molecule has 2 heterocycles. The predicted molar refractivity (Wildman–Crippen MR) is 172 cm³/mol. The number of para-hydroxylation sites is 1. The molecule has 2 aromatic heterocycles. The van der Waals surface area contributed by atoms with E-state index in [0.717, 1.165) is 22.0 Å². The van der Waals surface area contributed by atoms with Crippen molar-refractivity contribution < 1.29 is 9.59 Å². The molecule has 5 aromatic rings. The van der Waals surface area contributed by atoms with Crippen LogP contribution in [0.1, 0.15) is 15.9 Å². The number of H-pyrrole nitrogens is 1. The number of terminal acetylenes is 1. The second-order valence-corrected chi connectivity index (χ2v) is 10.1. The van der Waals surface area contributed by atoms with Gasteiger partial charge >= 0.3 is 0 Å². The van der Waals surface area contributed by atoms with Crippen molar-refractivity contribution in [1.29, 1.82) is 0 Å². The number of hydrogen-bond acceptors (Lipinski definition) is 6. The highest BCUT2D eigenvalue weighted by molar-refractivity contribution is 6.33. The van der Waals surface area contributed by atoms with Gasteiger partial charge in [-0.3, -0.25) is 9.59 Å². The number of aromatic nitrogens is 3. The van der Waals surface area contributed by atoms with Gasteiger partial charge in [-0.15, -0.1) is 0 Å². The SMILES string of the molecule is C#CN(C)C/C=C/C(=O)Nc1cccc(C(=O)Nc2cc(Nc3ncc(Cl)c(-c4c[nH]c5ccccc45)n3)ccc2C)c1. The number of carbonyl (C=O) groups is 2. The van der Waals surface area contributed by atoms with Gasteiger partial charge in [-0.25, -0.2) is 9.97 Å². The molecule has 0 saturated heterocycles. The molecule has 214 valence electrons. The van der Waals surface area contributed by atoms with E-state index >= 15 is 0 Å². The Morgan fingerprint density at radius 2 is 1.91 bits per heavy atom. The number of aryl methyl sites for hydroxylation is 1. The summed E-state index contributed by atoms with van der Waals surface area (Å²) in [6, 6.07) is 22.6. The van der Waals surface area contributed by atoms with Gasteiger partial charge in [0.05, 0.1) is 16.9 Å². The predicted octanol–water partition coefficient (Wildman–Crippen LogP) is 6.60. The monoisotopic (exact) mass is 589 g/mol. The second kappa shape index (κ2) is 12.9. The van der Waals surface area contributed by atoms with Crippen molar-refractivity contribution in [1.82, 2.24) is 19.9 Å². The molecule has 10 heteroatoms. The van der Waals surface area contributed by atoms with Gasteiger partial charge < -0.3 is 25.8 Å². The van der Waals surface area contributed by atoms with E-state index in [-0.39, 0.29) is 11.8 Å². The zero-order valence-electron chi connectivity index (χ0n) is 23.5. The number of nitrogens with one attached hydrogen (secondary N) is 4. The van der Waals surface area contributed by atoms with Crippen molar-refractivity contribution >= 4 is 57.3 Å². The fourth-order valence-electron chi connectivity index (χ4n) is 4.33. The van der Waals surface area contributed by atoms with E-state index < -0.39 is 0 Å². The molecule has 0 fully saturated rings. The summed E-state index contributed by atoms with van der Waals surface area (Å²) >= 11 is 6.48. The van der Waals surface area contributed by atoms with E-state index in [1.165, 1.54) is 6.08 Å². The standard InChI is InChI=1S/C33H28ClN7O2/c1-4-41(3)16-8-13-30(42)37-23-10-7-9-22(17-23)32(43)39-29-18-24(15-14-21(29)2)38-33-36-20-27(34)31(40-33)26-19-35-28-12-6-5-11-25(26)28/h1,5-15,17-20,35H,16H2,2-3H3,(H,37,42)(H,39,43)(H,36,38,40)/b13-8+. The minimum atomic E-state index is -0.327. The average Bonchev–Trinajstić information content (AvgIpc) is 3.44. The van der Waals surface area contributed by atoms with Crippen molar-refractivity contribution in [3.63, 3.8) is 0 Å². The summed E-state index contributed by atoms with van der Waals surface area (Å²) in [4.78, 5) is 39.3. The molecule has 2 amide bonds. The van der Waals surface area contributed by atoms with E-state index in [0.29, 0.717) is 45.8 Å². The number of nitrogens with zero attached hydrogens (tertiary/aromatic N) is 3. The maximum Gasteiger partial charge on any atom is 0.255 e. The van der Waals surface area contributed by atoms with Crippen molar-refractivity contribution in [2.24, 2.45) is 0 Å². The molecule has 0 aliphatic rings. The summed E-state index contributed by atoms with van der Waals surface area (Å²) in [6.45, 7) is 2.34. The Balaban J connectivity index is 1.29. The zero-order valence-corrected chi connectivity index (χ0v) is 24.2. The number of carbonyl (C=O) groups excluding carboxylic acids is 2. The smallest absolute Gasteiger partial charge is 0.255 e. The van der Waals surface area contributed by atoms with Crippen LogP contribution in [-0.4, -0.2) is 45.3 Å². The lowest BCUT2D eigenvalue weighted by Gasteiger charge is -2.13. The van der Waals surface area contributed by atoms with Crippen LogP contribution in [0.15, 0.2) is 91.3 Å². The summed E-state index contributed by atoms with van der Waals surface area (Å²) in [5, 5.41) is 10.4. The van der Waals surface area contributed by atoms with E-state index in [9.17, 15) is 9.59 Å². The van der Waals surface area contributed by atoms with Crippen LogP contribution in [0.4, 0.5) is 23.0 Å². The first kappa shape index (κ1) is 28.9. The van der Waals surface area contributed by atoms with Crippen LogP contribution < -0.4 is 16.0 Å². The molecule has 0 unspecified atom stereocenters. The highest BCUT2D eigenvalue weighted by atomic mass is 35.5. The molecule has 0 saturated carbocycles. The molecule has 5 rings (SSSR count). The van der Waals surface area contributed by atoms with Gasteiger partial charge in [0, 0.05) is 71.0 Å². The summed E-state index contributed by atoms with van der Waals surface area (Å²) in [6.07, 6.45) is 11.8. The molecule has 0 aliphatic heterocycles. The maximum absolute atomic E-state index is 13.1. The quantitative estimate of drug-likeness (QED) is 0.0875. The van der Waals surface area contributed by atoms with Gasteiger partial charge in [-0.2, -0.15) is 0 Å². The van der Waals surface area contributed by atoms with E-state index in [1.54, 1.807) is 54.6 Å². The number of aromatic amines is 1. The maximum atomic E-state index is 13.1. The first-order chi connectivity index (χ1) is 20.8. The molecular weight excluding hydrogens is 562 g/mol. The summed E-state index contributed by atoms with van der Waals surface area (Å²) in [5.41, 5.74) is 5.47. The number of rotatable bonds is 9. The molecule has 0 aliphatic carbocycles. The Hall–Kier alpha value is -5.59. The molecule has 0 atom stereocenters. The molecule has 3 aromatic carbocycles. The lowest BCUT2D eigenvalue weighted by Crippen LogP contribution is -2.15. The summed E-state index contributed by atoms with van der Waals surface area (Å²) < 4.78 is 0. The molecule has 4 N–H and O–H groups in total. The van der Waals surface area contributed by atoms with Crippen LogP contribution in [0.3, 0.4) is 0 Å². The minimum absolute atomic E-state index is 0.324. The Bertz CT molecular complexity index is 1890. The number of anilines is 4.